The van der Waals surface area contributed by atoms with Gasteiger partial charge in [-0.15, -0.1) is 0 Å². The van der Waals surface area contributed by atoms with Gasteiger partial charge in [0, 0.05) is 13.2 Å². The number of rotatable bonds is 34. The third-order valence-corrected chi connectivity index (χ3v) is 7.84. The third-order valence-electron chi connectivity index (χ3n) is 7.84. The summed E-state index contributed by atoms with van der Waals surface area (Å²) in [5.74, 6) is 0. The molecular weight excluding hydrogens is 526 g/mol. The van der Waals surface area contributed by atoms with Gasteiger partial charge in [-0.05, 0) is 84.0 Å². The average Bonchev–Trinajstić information content (AvgIpc) is 3.00. The monoisotopic (exact) mass is 602 g/mol. The molecule has 3 heteroatoms. The Balaban J connectivity index is 3.38. The lowest BCUT2D eigenvalue weighted by Crippen LogP contribution is -2.46. The van der Waals surface area contributed by atoms with E-state index in [2.05, 4.69) is 62.5 Å². The molecule has 0 bridgehead atoms. The van der Waals surface area contributed by atoms with Crippen LogP contribution in [-0.2, 0) is 9.47 Å². The maximum Gasteiger partial charge on any atom is 0.0666 e. The lowest BCUT2D eigenvalue weighted by Gasteiger charge is -2.24. The van der Waals surface area contributed by atoms with E-state index in [1.54, 1.807) is 0 Å². The van der Waals surface area contributed by atoms with Gasteiger partial charge in [-0.2, -0.15) is 0 Å². The van der Waals surface area contributed by atoms with E-state index in [9.17, 15) is 0 Å². The molecule has 0 saturated heterocycles. The Kier molecular flexibility index (Phi) is 34.4. The molecule has 0 rings (SSSR count). The number of hydrogen-bond acceptors (Lipinski definition) is 3. The zero-order valence-electron chi connectivity index (χ0n) is 29.3. The van der Waals surface area contributed by atoms with Gasteiger partial charge in [-0.1, -0.05) is 140 Å². The van der Waals surface area contributed by atoms with Crippen molar-refractivity contribution in [1.29, 1.82) is 0 Å². The first-order chi connectivity index (χ1) is 21.1. The minimum atomic E-state index is -0.392. The molecular formula is C40H75NO2. The first kappa shape index (κ1) is 41.8. The van der Waals surface area contributed by atoms with Crippen LogP contribution in [-0.4, -0.2) is 32.0 Å². The second-order valence-corrected chi connectivity index (χ2v) is 12.9. The highest BCUT2D eigenvalue weighted by atomic mass is 16.5. The molecule has 0 fully saturated rings. The Hall–Kier alpha value is -1.16. The minimum Gasteiger partial charge on any atom is -0.379 e. The van der Waals surface area contributed by atoms with Gasteiger partial charge in [-0.3, -0.25) is 0 Å². The van der Waals surface area contributed by atoms with Crippen molar-refractivity contribution in [3.63, 3.8) is 0 Å². The summed E-state index contributed by atoms with van der Waals surface area (Å²) in [6.45, 7) is 9.35. The Morgan fingerprint density at radius 1 is 0.419 bits per heavy atom. The van der Waals surface area contributed by atoms with E-state index in [0.717, 1.165) is 38.9 Å². The largest absolute Gasteiger partial charge is 0.379 e. The second kappa shape index (κ2) is 35.3. The number of ether oxygens (including phenoxy) is 2. The predicted octanol–water partition coefficient (Wildman–Crippen LogP) is 12.4. The van der Waals surface area contributed by atoms with Crippen LogP contribution in [0.2, 0.25) is 0 Å². The van der Waals surface area contributed by atoms with Crippen LogP contribution in [0.15, 0.2) is 48.6 Å². The number of allylic oxidation sites excluding steroid dienone is 8. The Morgan fingerprint density at radius 3 is 1.07 bits per heavy atom. The van der Waals surface area contributed by atoms with Gasteiger partial charge in [0.05, 0.1) is 18.8 Å². The average molecular weight is 602 g/mol. The minimum absolute atomic E-state index is 0.392. The highest BCUT2D eigenvalue weighted by molar-refractivity contribution is 4.93. The van der Waals surface area contributed by atoms with Crippen molar-refractivity contribution in [3.05, 3.63) is 48.6 Å². The first-order valence-electron chi connectivity index (χ1n) is 18.7. The van der Waals surface area contributed by atoms with Gasteiger partial charge in [-0.25, -0.2) is 0 Å². The van der Waals surface area contributed by atoms with E-state index in [-0.39, 0.29) is 0 Å². The molecule has 0 aromatic heterocycles. The zero-order valence-corrected chi connectivity index (χ0v) is 29.3. The summed E-state index contributed by atoms with van der Waals surface area (Å²) in [6, 6.07) is 0. The number of unbranched alkanes of at least 4 members (excludes halogenated alkanes) is 18. The fraction of sp³-hybridized carbons (Fsp3) is 0.800. The molecule has 252 valence electrons. The molecule has 0 amide bonds. The molecule has 0 aromatic carbocycles. The molecule has 0 radical (unpaired) electrons. The van der Waals surface area contributed by atoms with E-state index in [0.29, 0.717) is 13.2 Å². The molecule has 0 saturated carbocycles. The van der Waals surface area contributed by atoms with Crippen molar-refractivity contribution >= 4 is 0 Å². The molecule has 1 unspecified atom stereocenters. The van der Waals surface area contributed by atoms with E-state index < -0.39 is 5.54 Å². The zero-order chi connectivity index (χ0) is 31.4. The Morgan fingerprint density at radius 2 is 0.721 bits per heavy atom. The standard InChI is InChI=1S/C40H75NO2/c1-4-6-8-10-12-14-16-18-20-22-24-26-28-30-32-34-36-42-38-40(3,41)39-43-37-35-33-31-29-27-25-23-21-19-17-15-13-11-9-7-5-2/h12-15,18-21H,4-11,16-17,22-39,41H2,1-3H3/b14-12-,15-13+,20-18-,21-19-. The van der Waals surface area contributed by atoms with E-state index in [1.165, 1.54) is 128 Å². The van der Waals surface area contributed by atoms with Gasteiger partial charge in [0.2, 0.25) is 0 Å². The van der Waals surface area contributed by atoms with Crippen LogP contribution in [0.3, 0.4) is 0 Å². The molecule has 0 aliphatic carbocycles. The van der Waals surface area contributed by atoms with E-state index in [1.807, 2.05) is 6.92 Å². The smallest absolute Gasteiger partial charge is 0.0666 e. The van der Waals surface area contributed by atoms with E-state index >= 15 is 0 Å². The summed E-state index contributed by atoms with van der Waals surface area (Å²) in [5, 5.41) is 0. The van der Waals surface area contributed by atoms with Crippen LogP contribution in [0.25, 0.3) is 0 Å². The summed E-state index contributed by atoms with van der Waals surface area (Å²) in [7, 11) is 0. The third kappa shape index (κ3) is 36.9. The van der Waals surface area contributed by atoms with Crippen LogP contribution in [0.1, 0.15) is 175 Å². The van der Waals surface area contributed by atoms with Crippen LogP contribution >= 0.6 is 0 Å². The maximum absolute atomic E-state index is 6.39. The van der Waals surface area contributed by atoms with Crippen molar-refractivity contribution < 1.29 is 9.47 Å². The van der Waals surface area contributed by atoms with Gasteiger partial charge in [0.15, 0.2) is 0 Å². The van der Waals surface area contributed by atoms with Gasteiger partial charge < -0.3 is 15.2 Å². The SMILES string of the molecule is CCCCC/C=C\C/C=C\CCCCCCCCOCC(C)(N)COCCCCCCCC/C=C\C/C=C/CCCCC. The Labute approximate surface area is 270 Å². The number of nitrogens with two attached hydrogens (primary N) is 1. The van der Waals surface area contributed by atoms with Crippen molar-refractivity contribution in [2.24, 2.45) is 5.73 Å². The Bertz CT molecular complexity index is 595. The van der Waals surface area contributed by atoms with E-state index in [4.69, 9.17) is 15.2 Å². The lowest BCUT2D eigenvalue weighted by atomic mass is 10.1. The van der Waals surface area contributed by atoms with Crippen LogP contribution in [0.4, 0.5) is 0 Å². The van der Waals surface area contributed by atoms with Gasteiger partial charge in [0.25, 0.3) is 0 Å². The van der Waals surface area contributed by atoms with Crippen LogP contribution < -0.4 is 5.73 Å². The van der Waals surface area contributed by atoms with Gasteiger partial charge in [0.1, 0.15) is 0 Å². The molecule has 0 aliphatic heterocycles. The molecule has 0 aromatic rings. The molecule has 0 aliphatic rings. The van der Waals surface area contributed by atoms with Gasteiger partial charge >= 0.3 is 0 Å². The topological polar surface area (TPSA) is 44.5 Å². The van der Waals surface area contributed by atoms with Crippen LogP contribution in [0.5, 0.6) is 0 Å². The fourth-order valence-corrected chi connectivity index (χ4v) is 5.04. The molecule has 43 heavy (non-hydrogen) atoms. The normalized spacial score (nSPS) is 13.9. The van der Waals surface area contributed by atoms with Crippen molar-refractivity contribution in [3.8, 4) is 0 Å². The fourth-order valence-electron chi connectivity index (χ4n) is 5.04. The predicted molar refractivity (Wildman–Crippen MR) is 193 cm³/mol. The summed E-state index contributed by atoms with van der Waals surface area (Å²) >= 11 is 0. The maximum atomic E-state index is 6.39. The summed E-state index contributed by atoms with van der Waals surface area (Å²) in [4.78, 5) is 0. The molecule has 1 atom stereocenters. The molecule has 0 heterocycles. The van der Waals surface area contributed by atoms with Crippen molar-refractivity contribution in [2.75, 3.05) is 26.4 Å². The molecule has 2 N–H and O–H groups in total. The first-order valence-corrected chi connectivity index (χ1v) is 18.7. The summed E-state index contributed by atoms with van der Waals surface area (Å²) < 4.78 is 11.8. The van der Waals surface area contributed by atoms with Crippen LogP contribution in [0, 0.1) is 0 Å². The summed E-state index contributed by atoms with van der Waals surface area (Å²) in [5.41, 5.74) is 6.00. The number of hydrogen-bond donors (Lipinski definition) is 1. The highest BCUT2D eigenvalue weighted by Gasteiger charge is 2.18. The summed E-state index contributed by atoms with van der Waals surface area (Å²) in [6.07, 6.45) is 49.1. The molecule has 0 spiro atoms. The highest BCUT2D eigenvalue weighted by Crippen LogP contribution is 2.11. The molecule has 3 nitrogen and oxygen atoms in total. The van der Waals surface area contributed by atoms with Crippen molar-refractivity contribution in [2.45, 2.75) is 180 Å². The second-order valence-electron chi connectivity index (χ2n) is 12.9. The quantitative estimate of drug-likeness (QED) is 0.0589. The van der Waals surface area contributed by atoms with Crippen molar-refractivity contribution in [1.82, 2.24) is 0 Å². The lowest BCUT2D eigenvalue weighted by molar-refractivity contribution is 0.0277.